The predicted molar refractivity (Wildman–Crippen MR) is 58.8 cm³/mol. The van der Waals surface area contributed by atoms with Crippen LogP contribution in [0.15, 0.2) is 24.3 Å². The first kappa shape index (κ1) is 10.4. The lowest BCUT2D eigenvalue weighted by Crippen LogP contribution is -2.09. The summed E-state index contributed by atoms with van der Waals surface area (Å²) in [7, 11) is 0. The number of nitro groups is 1. The third-order valence-corrected chi connectivity index (χ3v) is 2.11. The number of hydrogen-bond donors (Lipinski definition) is 1. The zero-order valence-electron chi connectivity index (χ0n) is 6.87. The van der Waals surface area contributed by atoms with Crippen molar-refractivity contribution in [3.63, 3.8) is 0 Å². The van der Waals surface area contributed by atoms with E-state index in [1.807, 2.05) is 0 Å². The van der Waals surface area contributed by atoms with Crippen LogP contribution in [0.25, 0.3) is 0 Å². The molecule has 1 aromatic rings. The Balaban J connectivity index is 2.64. The number of halogens is 1. The van der Waals surface area contributed by atoms with E-state index in [0.717, 1.165) is 16.7 Å². The summed E-state index contributed by atoms with van der Waals surface area (Å²) >= 11 is 2.21. The van der Waals surface area contributed by atoms with Crippen LogP contribution in [0.5, 0.6) is 0 Å². The molecule has 0 aromatic heterocycles. The Hall–Kier alpha value is -0.690. The lowest BCUT2D eigenvalue weighted by atomic mass is 10.2. The fourth-order valence-corrected chi connectivity index (χ4v) is 1.20. The van der Waals surface area contributed by atoms with Crippen molar-refractivity contribution in [3.05, 3.63) is 39.9 Å². The molecule has 0 radical (unpaired) electrons. The molecular weight excluding hydrogens is 283 g/mol. The second-order valence-corrected chi connectivity index (χ2v) is 3.25. The van der Waals surface area contributed by atoms with Crippen LogP contribution in [-0.4, -0.2) is 9.47 Å². The molecule has 0 atom stereocenters. The van der Waals surface area contributed by atoms with Crippen LogP contribution in [0.3, 0.4) is 0 Å². The highest BCUT2D eigenvalue weighted by Crippen LogP contribution is 2.11. The fourth-order valence-electron chi connectivity index (χ4n) is 0.927. The van der Waals surface area contributed by atoms with E-state index < -0.39 is 4.92 Å². The zero-order valence-corrected chi connectivity index (χ0v) is 9.02. The monoisotopic (exact) mass is 292 g/mol. The molecule has 0 fully saturated rings. The number of rotatable bonds is 4. The number of hydrogen-bond acceptors (Lipinski definition) is 3. The van der Waals surface area contributed by atoms with Gasteiger partial charge in [-0.25, -0.2) is 0 Å². The number of nitrogens with one attached hydrogen (secondary N) is 1. The average molecular weight is 292 g/mol. The van der Waals surface area contributed by atoms with Crippen LogP contribution in [0.1, 0.15) is 5.56 Å². The maximum atomic E-state index is 10.3. The maximum absolute atomic E-state index is 10.3. The van der Waals surface area contributed by atoms with Gasteiger partial charge in [-0.1, -0.05) is 34.7 Å². The third kappa shape index (κ3) is 3.27. The van der Waals surface area contributed by atoms with Crippen molar-refractivity contribution in [2.45, 2.75) is 6.54 Å². The molecule has 70 valence electrons. The molecular formula is C8H9IN2O2. The van der Waals surface area contributed by atoms with Crippen LogP contribution in [-0.2, 0) is 6.54 Å². The van der Waals surface area contributed by atoms with Gasteiger partial charge >= 0.3 is 0 Å². The van der Waals surface area contributed by atoms with E-state index in [-0.39, 0.29) is 5.69 Å². The lowest BCUT2D eigenvalue weighted by Gasteiger charge is -1.99. The van der Waals surface area contributed by atoms with Gasteiger partial charge in [-0.2, -0.15) is 0 Å². The van der Waals surface area contributed by atoms with Gasteiger partial charge in [-0.05, 0) is 5.56 Å². The molecule has 0 aliphatic carbocycles. The Morgan fingerprint density at radius 3 is 2.46 bits per heavy atom. The fraction of sp³-hybridized carbons (Fsp3) is 0.250. The molecule has 4 nitrogen and oxygen atoms in total. The zero-order chi connectivity index (χ0) is 9.68. The number of alkyl halides is 1. The van der Waals surface area contributed by atoms with Crippen molar-refractivity contribution in [3.8, 4) is 0 Å². The molecule has 5 heteroatoms. The first-order chi connectivity index (χ1) is 6.24. The highest BCUT2D eigenvalue weighted by atomic mass is 127. The Morgan fingerprint density at radius 2 is 2.00 bits per heavy atom. The molecule has 0 saturated carbocycles. The molecule has 1 rings (SSSR count). The van der Waals surface area contributed by atoms with Crippen molar-refractivity contribution in [1.82, 2.24) is 5.32 Å². The summed E-state index contributed by atoms with van der Waals surface area (Å²) in [6.07, 6.45) is 0. The van der Waals surface area contributed by atoms with Gasteiger partial charge < -0.3 is 5.32 Å². The van der Waals surface area contributed by atoms with Crippen LogP contribution in [0.2, 0.25) is 0 Å². The molecule has 0 bridgehead atoms. The summed E-state index contributed by atoms with van der Waals surface area (Å²) in [5.74, 6) is 0. The van der Waals surface area contributed by atoms with Crippen molar-refractivity contribution in [2.75, 3.05) is 4.55 Å². The Bertz CT molecular complexity index is 287. The summed E-state index contributed by atoms with van der Waals surface area (Å²) in [6.45, 7) is 0.751. The van der Waals surface area contributed by atoms with Crippen molar-refractivity contribution >= 4 is 28.3 Å². The molecule has 0 saturated heterocycles. The van der Waals surface area contributed by atoms with Gasteiger partial charge in [0.05, 0.1) is 4.92 Å². The summed E-state index contributed by atoms with van der Waals surface area (Å²) in [6, 6.07) is 6.56. The Kier molecular flexibility index (Phi) is 4.10. The second kappa shape index (κ2) is 5.13. The van der Waals surface area contributed by atoms with Gasteiger partial charge in [0.25, 0.3) is 5.69 Å². The van der Waals surface area contributed by atoms with E-state index in [9.17, 15) is 10.1 Å². The minimum Gasteiger partial charge on any atom is -0.304 e. The minimum absolute atomic E-state index is 0.137. The summed E-state index contributed by atoms with van der Waals surface area (Å²) in [4.78, 5) is 9.92. The van der Waals surface area contributed by atoms with Crippen LogP contribution < -0.4 is 5.32 Å². The second-order valence-electron chi connectivity index (χ2n) is 2.48. The van der Waals surface area contributed by atoms with Gasteiger partial charge in [0.15, 0.2) is 0 Å². The molecule has 1 N–H and O–H groups in total. The number of non-ortho nitro benzene ring substituents is 1. The average Bonchev–Trinajstić information content (AvgIpc) is 2.15. The van der Waals surface area contributed by atoms with Crippen LogP contribution in [0.4, 0.5) is 5.69 Å². The molecule has 13 heavy (non-hydrogen) atoms. The maximum Gasteiger partial charge on any atom is 0.269 e. The predicted octanol–water partition coefficient (Wildman–Crippen LogP) is 2.08. The molecule has 0 spiro atoms. The van der Waals surface area contributed by atoms with E-state index in [1.165, 1.54) is 12.1 Å². The van der Waals surface area contributed by atoms with Gasteiger partial charge in [-0.3, -0.25) is 10.1 Å². The molecule has 0 unspecified atom stereocenters. The summed E-state index contributed by atoms with van der Waals surface area (Å²) in [5, 5.41) is 13.4. The molecule has 0 aliphatic heterocycles. The first-order valence-electron chi connectivity index (χ1n) is 3.74. The SMILES string of the molecule is O=[N+]([O-])c1ccc(CNCI)cc1. The van der Waals surface area contributed by atoms with E-state index in [0.29, 0.717) is 0 Å². The van der Waals surface area contributed by atoms with Crippen LogP contribution >= 0.6 is 22.6 Å². The van der Waals surface area contributed by atoms with Crippen LogP contribution in [0, 0.1) is 10.1 Å². The van der Waals surface area contributed by atoms with E-state index in [2.05, 4.69) is 27.9 Å². The van der Waals surface area contributed by atoms with E-state index >= 15 is 0 Å². The summed E-state index contributed by atoms with van der Waals surface area (Å²) < 4.78 is 0.870. The van der Waals surface area contributed by atoms with Crippen molar-refractivity contribution in [2.24, 2.45) is 0 Å². The summed E-state index contributed by atoms with van der Waals surface area (Å²) in [5.41, 5.74) is 1.19. The molecule has 0 heterocycles. The standard InChI is InChI=1S/C8H9IN2O2/c9-6-10-5-7-1-3-8(4-2-7)11(12)13/h1-4,10H,5-6H2. The van der Waals surface area contributed by atoms with E-state index in [1.54, 1.807) is 12.1 Å². The highest BCUT2D eigenvalue weighted by molar-refractivity contribution is 14.1. The Morgan fingerprint density at radius 1 is 1.38 bits per heavy atom. The van der Waals surface area contributed by atoms with Gasteiger partial charge in [-0.15, -0.1) is 0 Å². The molecule has 0 aliphatic rings. The number of benzene rings is 1. The minimum atomic E-state index is -0.393. The van der Waals surface area contributed by atoms with Gasteiger partial charge in [0, 0.05) is 23.2 Å². The largest absolute Gasteiger partial charge is 0.304 e. The number of nitrogens with zero attached hydrogens (tertiary/aromatic N) is 1. The normalized spacial score (nSPS) is 9.92. The smallest absolute Gasteiger partial charge is 0.269 e. The molecule has 0 amide bonds. The lowest BCUT2D eigenvalue weighted by molar-refractivity contribution is -0.384. The van der Waals surface area contributed by atoms with Crippen molar-refractivity contribution in [1.29, 1.82) is 0 Å². The third-order valence-electron chi connectivity index (χ3n) is 1.57. The Labute approximate surface area is 89.6 Å². The molecule has 1 aromatic carbocycles. The topological polar surface area (TPSA) is 55.2 Å². The van der Waals surface area contributed by atoms with Gasteiger partial charge in [0.1, 0.15) is 0 Å². The van der Waals surface area contributed by atoms with Gasteiger partial charge in [0.2, 0.25) is 0 Å². The first-order valence-corrected chi connectivity index (χ1v) is 5.26. The van der Waals surface area contributed by atoms with E-state index in [4.69, 9.17) is 0 Å². The highest BCUT2D eigenvalue weighted by Gasteiger charge is 2.02. The quantitative estimate of drug-likeness (QED) is 0.304. The number of nitro benzene ring substituents is 1. The van der Waals surface area contributed by atoms with Crippen molar-refractivity contribution < 1.29 is 4.92 Å².